The van der Waals surface area contributed by atoms with E-state index < -0.39 is 34.7 Å². The van der Waals surface area contributed by atoms with Gasteiger partial charge >= 0.3 is 0 Å². The van der Waals surface area contributed by atoms with Crippen molar-refractivity contribution in [3.8, 4) is 11.5 Å². The lowest BCUT2D eigenvalue weighted by Gasteiger charge is -2.41. The molecule has 1 aliphatic carbocycles. The van der Waals surface area contributed by atoms with Crippen LogP contribution in [0.5, 0.6) is 11.5 Å². The minimum atomic E-state index is -1.84. The van der Waals surface area contributed by atoms with Crippen LogP contribution in [0.2, 0.25) is 0 Å². The summed E-state index contributed by atoms with van der Waals surface area (Å²) in [6.07, 6.45) is 1.89. The SMILES string of the molecule is COc1cncc2c1C1(O)C(O)C(CN(C)CC(C)(C)O)C(c3ccccc3)C1(c1ccc(Br)cc1)O2. The smallest absolute Gasteiger partial charge is 0.177 e. The Balaban J connectivity index is 1.77. The first-order chi connectivity index (χ1) is 17.5. The fraction of sp³-hybridized carbons (Fsp3) is 0.414. The third kappa shape index (κ3) is 4.06. The Labute approximate surface area is 225 Å². The van der Waals surface area contributed by atoms with Crippen LogP contribution in [0.25, 0.3) is 0 Å². The highest BCUT2D eigenvalue weighted by Gasteiger charge is 2.76. The molecule has 3 N–H and O–H groups in total. The maximum absolute atomic E-state index is 12.8. The Morgan fingerprint density at radius 1 is 1.11 bits per heavy atom. The van der Waals surface area contributed by atoms with Crippen molar-refractivity contribution in [1.82, 2.24) is 9.88 Å². The van der Waals surface area contributed by atoms with E-state index >= 15 is 0 Å². The number of hydrogen-bond donors (Lipinski definition) is 3. The number of aliphatic hydroxyl groups is 3. The van der Waals surface area contributed by atoms with Crippen LogP contribution in [0.1, 0.15) is 36.5 Å². The van der Waals surface area contributed by atoms with Crippen LogP contribution in [0.15, 0.2) is 71.5 Å². The second kappa shape index (κ2) is 9.36. The van der Waals surface area contributed by atoms with Gasteiger partial charge in [0.05, 0.1) is 36.8 Å². The van der Waals surface area contributed by atoms with Crippen molar-refractivity contribution in [2.24, 2.45) is 5.92 Å². The van der Waals surface area contributed by atoms with Crippen molar-refractivity contribution in [1.29, 1.82) is 0 Å². The molecule has 1 saturated carbocycles. The zero-order valence-corrected chi connectivity index (χ0v) is 23.0. The second-order valence-corrected chi connectivity index (χ2v) is 11.7. The lowest BCUT2D eigenvalue weighted by molar-refractivity contribution is -0.152. The molecule has 0 radical (unpaired) electrons. The van der Waals surface area contributed by atoms with Crippen molar-refractivity contribution >= 4 is 15.9 Å². The van der Waals surface area contributed by atoms with E-state index in [0.717, 1.165) is 15.6 Å². The Kier molecular flexibility index (Phi) is 6.61. The van der Waals surface area contributed by atoms with Crippen LogP contribution in [-0.4, -0.2) is 64.2 Å². The van der Waals surface area contributed by atoms with Crippen LogP contribution in [0.3, 0.4) is 0 Å². The van der Waals surface area contributed by atoms with Gasteiger partial charge < -0.3 is 29.7 Å². The second-order valence-electron chi connectivity index (χ2n) is 10.8. The molecule has 37 heavy (non-hydrogen) atoms. The van der Waals surface area contributed by atoms with Crippen molar-refractivity contribution in [3.63, 3.8) is 0 Å². The van der Waals surface area contributed by atoms with Crippen molar-refractivity contribution in [3.05, 3.63) is 88.2 Å². The molecule has 196 valence electrons. The molecule has 8 heteroatoms. The molecule has 0 bridgehead atoms. The highest BCUT2D eigenvalue weighted by atomic mass is 79.9. The summed E-state index contributed by atoms with van der Waals surface area (Å²) in [4.78, 5) is 6.26. The van der Waals surface area contributed by atoms with Crippen LogP contribution in [-0.2, 0) is 11.2 Å². The van der Waals surface area contributed by atoms with Crippen LogP contribution < -0.4 is 9.47 Å². The lowest BCUT2D eigenvalue weighted by atomic mass is 9.70. The first-order valence-corrected chi connectivity index (χ1v) is 13.2. The van der Waals surface area contributed by atoms with Crippen LogP contribution in [0.4, 0.5) is 0 Å². The van der Waals surface area contributed by atoms with E-state index in [1.54, 1.807) is 20.0 Å². The van der Waals surface area contributed by atoms with Crippen LogP contribution in [0, 0.1) is 5.92 Å². The lowest BCUT2D eigenvalue weighted by Crippen LogP contribution is -2.52. The summed E-state index contributed by atoms with van der Waals surface area (Å²) in [6, 6.07) is 17.5. The fourth-order valence-electron chi connectivity index (χ4n) is 6.52. The van der Waals surface area contributed by atoms with Gasteiger partial charge in [0.15, 0.2) is 11.2 Å². The van der Waals surface area contributed by atoms with Gasteiger partial charge in [-0.3, -0.25) is 4.98 Å². The monoisotopic (exact) mass is 568 g/mol. The Morgan fingerprint density at radius 2 is 1.78 bits per heavy atom. The zero-order chi connectivity index (χ0) is 26.6. The van der Waals surface area contributed by atoms with E-state index in [1.807, 2.05) is 66.5 Å². The molecule has 2 aromatic carbocycles. The van der Waals surface area contributed by atoms with E-state index in [0.29, 0.717) is 30.2 Å². The standard InChI is InChI=1S/C29H33BrN2O5/c1-27(2,34)17-32(3)16-21-24(18-8-6-5-7-9-18)29(19-10-12-20(30)13-11-19)28(35,26(21)33)25-22(36-4)14-31-15-23(25)37-29/h5-15,21,24,26,33-35H,16-17H2,1-4H3. The van der Waals surface area contributed by atoms with Gasteiger partial charge in [0.2, 0.25) is 0 Å². The number of pyridine rings is 1. The molecule has 5 atom stereocenters. The van der Waals surface area contributed by atoms with Crippen molar-refractivity contribution < 1.29 is 24.8 Å². The predicted octanol–water partition coefficient (Wildman–Crippen LogP) is 3.81. The van der Waals surface area contributed by atoms with E-state index in [2.05, 4.69) is 20.9 Å². The number of ether oxygens (including phenoxy) is 2. The Hall–Kier alpha value is -2.49. The van der Waals surface area contributed by atoms with Gasteiger partial charge in [0, 0.05) is 29.4 Å². The number of aromatic nitrogens is 1. The summed E-state index contributed by atoms with van der Waals surface area (Å²) in [6.45, 7) is 4.32. The maximum Gasteiger partial charge on any atom is 0.177 e. The highest BCUT2D eigenvalue weighted by Crippen LogP contribution is 2.69. The summed E-state index contributed by atoms with van der Waals surface area (Å²) in [5.74, 6) is -0.158. The molecular weight excluding hydrogens is 536 g/mol. The first-order valence-electron chi connectivity index (χ1n) is 12.4. The quantitative estimate of drug-likeness (QED) is 0.399. The molecule has 7 nitrogen and oxygen atoms in total. The Bertz CT molecular complexity index is 1270. The van der Waals surface area contributed by atoms with Gasteiger partial charge in [-0.1, -0.05) is 58.4 Å². The normalized spacial score (nSPS) is 28.6. The van der Waals surface area contributed by atoms with E-state index in [4.69, 9.17) is 9.47 Å². The number of halogens is 1. The number of likely N-dealkylation sites (N-methyl/N-ethyl adjacent to an activating group) is 1. The average molecular weight is 569 g/mol. The number of nitrogens with zero attached hydrogens (tertiary/aromatic N) is 2. The van der Waals surface area contributed by atoms with Gasteiger partial charge in [0.25, 0.3) is 0 Å². The molecule has 1 aliphatic heterocycles. The summed E-state index contributed by atoms with van der Waals surface area (Å²) < 4.78 is 13.3. The van der Waals surface area contributed by atoms with Gasteiger partial charge in [-0.25, -0.2) is 0 Å². The number of methoxy groups -OCH3 is 1. The van der Waals surface area contributed by atoms with Gasteiger partial charge in [-0.05, 0) is 44.2 Å². The summed E-state index contributed by atoms with van der Waals surface area (Å²) in [5, 5.41) is 35.4. The summed E-state index contributed by atoms with van der Waals surface area (Å²) in [7, 11) is 3.43. The minimum Gasteiger partial charge on any atom is -0.495 e. The summed E-state index contributed by atoms with van der Waals surface area (Å²) in [5.41, 5.74) is -2.07. The number of benzene rings is 2. The molecular formula is C29H33BrN2O5. The third-order valence-corrected chi connectivity index (χ3v) is 8.15. The number of aliphatic hydroxyl groups excluding tert-OH is 1. The fourth-order valence-corrected chi connectivity index (χ4v) is 6.78. The van der Waals surface area contributed by atoms with E-state index in [9.17, 15) is 15.3 Å². The molecule has 5 unspecified atom stereocenters. The van der Waals surface area contributed by atoms with Gasteiger partial charge in [-0.15, -0.1) is 0 Å². The molecule has 5 rings (SSSR count). The topological polar surface area (TPSA) is 95.3 Å². The highest BCUT2D eigenvalue weighted by molar-refractivity contribution is 9.10. The largest absolute Gasteiger partial charge is 0.495 e. The predicted molar refractivity (Wildman–Crippen MR) is 144 cm³/mol. The molecule has 0 amide bonds. The van der Waals surface area contributed by atoms with Crippen molar-refractivity contribution in [2.45, 2.75) is 42.7 Å². The van der Waals surface area contributed by atoms with E-state index in [-0.39, 0.29) is 0 Å². The molecule has 1 fully saturated rings. The minimum absolute atomic E-state index is 0.357. The number of hydrogen-bond acceptors (Lipinski definition) is 7. The molecule has 0 saturated heterocycles. The third-order valence-electron chi connectivity index (χ3n) is 7.63. The molecule has 1 aromatic heterocycles. The molecule has 0 spiro atoms. The summed E-state index contributed by atoms with van der Waals surface area (Å²) >= 11 is 3.52. The molecule has 2 heterocycles. The van der Waals surface area contributed by atoms with Crippen molar-refractivity contribution in [2.75, 3.05) is 27.2 Å². The van der Waals surface area contributed by atoms with Gasteiger partial charge in [-0.2, -0.15) is 0 Å². The molecule has 2 aliphatic rings. The zero-order valence-electron chi connectivity index (χ0n) is 21.4. The number of rotatable bonds is 7. The number of fused-ring (bicyclic) bond motifs is 3. The molecule has 3 aromatic rings. The van der Waals surface area contributed by atoms with Gasteiger partial charge in [0.1, 0.15) is 11.5 Å². The first kappa shape index (κ1) is 26.1. The average Bonchev–Trinajstić information content (AvgIpc) is 3.22. The maximum atomic E-state index is 12.8. The van der Waals surface area contributed by atoms with Crippen LogP contribution >= 0.6 is 15.9 Å². The van der Waals surface area contributed by atoms with E-state index in [1.165, 1.54) is 13.3 Å². The Morgan fingerprint density at radius 3 is 2.41 bits per heavy atom.